The number of esters is 1. The second kappa shape index (κ2) is 9.01. The monoisotopic (exact) mass is 514 g/mol. The molecule has 192 valence electrons. The van der Waals surface area contributed by atoms with Gasteiger partial charge in [0.25, 0.3) is 5.91 Å². The molecular formula is C27H31ClN2O6. The number of cyclic esters (lactones) is 1. The Morgan fingerprint density at radius 2 is 1.81 bits per heavy atom. The van der Waals surface area contributed by atoms with Crippen LogP contribution >= 0.6 is 11.6 Å². The highest BCUT2D eigenvalue weighted by Crippen LogP contribution is 2.59. The molecule has 2 amide bonds. The first kappa shape index (κ1) is 25.0. The summed E-state index contributed by atoms with van der Waals surface area (Å²) in [5, 5.41) is 10.9. The van der Waals surface area contributed by atoms with E-state index in [4.69, 9.17) is 21.1 Å². The molecule has 6 atom stereocenters. The molecule has 0 radical (unpaired) electrons. The average molecular weight is 515 g/mol. The zero-order chi connectivity index (χ0) is 25.8. The number of carbonyl (C=O) groups excluding carboxylic acids is 3. The highest BCUT2D eigenvalue weighted by molar-refractivity contribution is 6.30. The summed E-state index contributed by atoms with van der Waals surface area (Å²) in [7, 11) is 0. The van der Waals surface area contributed by atoms with Gasteiger partial charge in [0.15, 0.2) is 0 Å². The van der Waals surface area contributed by atoms with Crippen LogP contribution in [-0.4, -0.2) is 70.8 Å². The molecular weight excluding hydrogens is 484 g/mol. The molecule has 2 saturated heterocycles. The molecule has 8 nitrogen and oxygen atoms in total. The average Bonchev–Trinajstić information content (AvgIpc) is 3.12. The number of benzene rings is 1. The van der Waals surface area contributed by atoms with Crippen molar-refractivity contribution >= 4 is 35.1 Å². The molecule has 0 bridgehead atoms. The first-order chi connectivity index (χ1) is 17.2. The second-order valence-electron chi connectivity index (χ2n) is 10.2. The number of aliphatic hydroxyl groups excluding tert-OH is 1. The maximum Gasteiger partial charge on any atom is 0.313 e. The Balaban J connectivity index is 1.70. The van der Waals surface area contributed by atoms with Crippen LogP contribution in [0.5, 0.6) is 0 Å². The van der Waals surface area contributed by atoms with Crippen molar-refractivity contribution in [1.29, 1.82) is 0 Å². The van der Waals surface area contributed by atoms with Gasteiger partial charge < -0.3 is 24.4 Å². The highest BCUT2D eigenvalue weighted by Gasteiger charge is 2.76. The summed E-state index contributed by atoms with van der Waals surface area (Å²) in [6.45, 7) is 5.72. The van der Waals surface area contributed by atoms with E-state index < -0.39 is 41.1 Å². The lowest BCUT2D eigenvalue weighted by molar-refractivity contribution is -0.159. The molecule has 36 heavy (non-hydrogen) atoms. The predicted molar refractivity (Wildman–Crippen MR) is 133 cm³/mol. The smallest absolute Gasteiger partial charge is 0.313 e. The lowest BCUT2D eigenvalue weighted by atomic mass is 9.73. The normalized spacial score (nSPS) is 34.3. The summed E-state index contributed by atoms with van der Waals surface area (Å²) in [5.74, 6) is -3.24. The lowest BCUT2D eigenvalue weighted by Crippen LogP contribution is -2.60. The Morgan fingerprint density at radius 3 is 2.44 bits per heavy atom. The molecule has 0 saturated carbocycles. The van der Waals surface area contributed by atoms with E-state index in [9.17, 15) is 19.5 Å². The number of hydrogen-bond donors (Lipinski definition) is 1. The minimum absolute atomic E-state index is 0.103. The first-order valence-corrected chi connectivity index (χ1v) is 12.8. The van der Waals surface area contributed by atoms with Crippen LogP contribution in [0.1, 0.15) is 27.2 Å². The third-order valence-electron chi connectivity index (χ3n) is 8.09. The van der Waals surface area contributed by atoms with Gasteiger partial charge in [0.05, 0.1) is 18.6 Å². The number of anilines is 1. The van der Waals surface area contributed by atoms with E-state index in [0.29, 0.717) is 17.1 Å². The van der Waals surface area contributed by atoms with Gasteiger partial charge in [-0.3, -0.25) is 14.4 Å². The third kappa shape index (κ3) is 3.45. The Kier molecular flexibility index (Phi) is 6.25. The Labute approximate surface area is 215 Å². The van der Waals surface area contributed by atoms with Crippen molar-refractivity contribution < 1.29 is 29.0 Å². The van der Waals surface area contributed by atoms with Crippen LogP contribution in [-0.2, 0) is 23.9 Å². The lowest BCUT2D eigenvalue weighted by Gasteiger charge is -2.41. The van der Waals surface area contributed by atoms with Crippen molar-refractivity contribution in [2.24, 2.45) is 17.8 Å². The molecule has 9 heteroatoms. The molecule has 1 aromatic carbocycles. The number of halogens is 1. The van der Waals surface area contributed by atoms with Gasteiger partial charge >= 0.3 is 5.97 Å². The number of hydrogen-bond acceptors (Lipinski definition) is 6. The second-order valence-corrected chi connectivity index (χ2v) is 10.7. The van der Waals surface area contributed by atoms with Crippen LogP contribution in [0.25, 0.3) is 0 Å². The molecule has 5 rings (SSSR count). The zero-order valence-electron chi connectivity index (χ0n) is 20.6. The fourth-order valence-electron chi connectivity index (χ4n) is 6.37. The number of amides is 2. The van der Waals surface area contributed by atoms with Crippen LogP contribution < -0.4 is 4.90 Å². The van der Waals surface area contributed by atoms with E-state index in [-0.39, 0.29) is 37.5 Å². The Bertz CT molecular complexity index is 1130. The maximum atomic E-state index is 14.4. The molecule has 1 N–H and O–H groups in total. The fraction of sp³-hybridized carbons (Fsp3) is 0.519. The van der Waals surface area contributed by atoms with Gasteiger partial charge in [-0.1, -0.05) is 50.6 Å². The molecule has 4 aliphatic heterocycles. The van der Waals surface area contributed by atoms with Crippen molar-refractivity contribution in [2.75, 3.05) is 24.7 Å². The first-order valence-electron chi connectivity index (χ1n) is 12.4. The number of ether oxygens (including phenoxy) is 2. The molecule has 2 fully saturated rings. The molecule has 1 unspecified atom stereocenters. The molecule has 1 aromatic rings. The van der Waals surface area contributed by atoms with Crippen molar-refractivity contribution in [3.05, 3.63) is 53.6 Å². The summed E-state index contributed by atoms with van der Waals surface area (Å²) in [6, 6.07) is 5.21. The molecule has 4 aliphatic rings. The molecule has 0 aliphatic carbocycles. The SMILES string of the molecule is CC[C@@]12C=CCOC(=O)[C@@H]1[C@H]1C(=O)N([C@@H](CO)C(C)C)C3C(=O)N(c4ccc(Cl)cc4)CC=C[C@@]31O2. The van der Waals surface area contributed by atoms with Crippen molar-refractivity contribution in [2.45, 2.75) is 50.5 Å². The molecule has 1 spiro atoms. The van der Waals surface area contributed by atoms with Crippen molar-refractivity contribution in [3.8, 4) is 0 Å². The minimum atomic E-state index is -1.39. The van der Waals surface area contributed by atoms with Gasteiger partial charge in [-0.15, -0.1) is 0 Å². The van der Waals surface area contributed by atoms with E-state index in [2.05, 4.69) is 0 Å². The molecule has 4 heterocycles. The fourth-order valence-corrected chi connectivity index (χ4v) is 6.49. The van der Waals surface area contributed by atoms with Crippen LogP contribution in [0.4, 0.5) is 5.69 Å². The van der Waals surface area contributed by atoms with Crippen molar-refractivity contribution in [3.63, 3.8) is 0 Å². The van der Waals surface area contributed by atoms with Crippen LogP contribution in [0.2, 0.25) is 5.02 Å². The Morgan fingerprint density at radius 1 is 1.08 bits per heavy atom. The number of likely N-dealkylation sites (tertiary alicyclic amines) is 1. The predicted octanol–water partition coefficient (Wildman–Crippen LogP) is 2.73. The Hall–Kier alpha value is -2.68. The van der Waals surface area contributed by atoms with Gasteiger partial charge in [0.2, 0.25) is 5.91 Å². The van der Waals surface area contributed by atoms with Gasteiger partial charge in [0, 0.05) is 17.3 Å². The largest absolute Gasteiger partial charge is 0.461 e. The third-order valence-corrected chi connectivity index (χ3v) is 8.34. The maximum absolute atomic E-state index is 14.4. The van der Waals surface area contributed by atoms with Crippen molar-refractivity contribution in [1.82, 2.24) is 4.90 Å². The van der Waals surface area contributed by atoms with Crippen LogP contribution in [0.15, 0.2) is 48.6 Å². The molecule has 0 aromatic heterocycles. The number of fused-ring (bicyclic) bond motifs is 2. The number of rotatable bonds is 5. The summed E-state index contributed by atoms with van der Waals surface area (Å²) in [6.07, 6.45) is 7.59. The van der Waals surface area contributed by atoms with E-state index in [0.717, 1.165) is 0 Å². The van der Waals surface area contributed by atoms with Crippen LogP contribution in [0, 0.1) is 17.8 Å². The number of aliphatic hydroxyl groups is 1. The number of carbonyl (C=O) groups is 3. The van der Waals surface area contributed by atoms with E-state index in [1.165, 1.54) is 4.90 Å². The zero-order valence-corrected chi connectivity index (χ0v) is 21.4. The summed E-state index contributed by atoms with van der Waals surface area (Å²) < 4.78 is 12.3. The number of nitrogens with zero attached hydrogens (tertiary/aromatic N) is 2. The highest BCUT2D eigenvalue weighted by atomic mass is 35.5. The summed E-state index contributed by atoms with van der Waals surface area (Å²) >= 11 is 6.08. The van der Waals surface area contributed by atoms with Gasteiger partial charge in [-0.25, -0.2) is 0 Å². The quantitative estimate of drug-likeness (QED) is 0.479. The van der Waals surface area contributed by atoms with E-state index in [1.54, 1.807) is 41.3 Å². The summed E-state index contributed by atoms with van der Waals surface area (Å²) in [4.78, 5) is 45.0. The van der Waals surface area contributed by atoms with E-state index >= 15 is 0 Å². The summed E-state index contributed by atoms with van der Waals surface area (Å²) in [5.41, 5.74) is -1.84. The van der Waals surface area contributed by atoms with Gasteiger partial charge in [-0.2, -0.15) is 0 Å². The van der Waals surface area contributed by atoms with E-state index in [1.807, 2.05) is 32.9 Å². The van der Waals surface area contributed by atoms with Gasteiger partial charge in [0.1, 0.15) is 29.8 Å². The topological polar surface area (TPSA) is 96.4 Å². The minimum Gasteiger partial charge on any atom is -0.461 e. The van der Waals surface area contributed by atoms with Gasteiger partial charge in [-0.05, 0) is 42.7 Å². The standard InChI is InChI=1S/C27H31ClN2O6/c1-4-26-11-6-14-35-25(34)21(26)20-23(32)30(19(15-31)16(2)3)22-24(33)29(13-5-12-27(20,22)36-26)18-9-7-17(28)8-10-18/h5-12,16,19-22,31H,4,13-15H2,1-3H3/t19-,20-,21-,22?,26+,27-/m0/s1. The van der Waals surface area contributed by atoms with Crippen LogP contribution in [0.3, 0.4) is 0 Å².